The van der Waals surface area contributed by atoms with Crippen LogP contribution in [-0.4, -0.2) is 37.5 Å². The molecule has 15 heavy (non-hydrogen) atoms. The van der Waals surface area contributed by atoms with Crippen LogP contribution in [0.15, 0.2) is 6.20 Å². The van der Waals surface area contributed by atoms with Crippen LogP contribution in [-0.2, 0) is 9.84 Å². The summed E-state index contributed by atoms with van der Waals surface area (Å²) in [6.07, 6.45) is 1.61. The molecule has 0 saturated carbocycles. The lowest BCUT2D eigenvalue weighted by molar-refractivity contribution is 0.568. The van der Waals surface area contributed by atoms with E-state index in [0.717, 1.165) is 5.13 Å². The molecule has 1 aromatic heterocycles. The number of hydrogen-bond donors (Lipinski definition) is 1. The van der Waals surface area contributed by atoms with Crippen LogP contribution in [0.1, 0.15) is 6.92 Å². The first kappa shape index (κ1) is 10.7. The second-order valence-corrected chi connectivity index (χ2v) is 6.97. The van der Waals surface area contributed by atoms with Gasteiger partial charge >= 0.3 is 0 Å². The van der Waals surface area contributed by atoms with E-state index in [1.165, 1.54) is 11.3 Å². The molecule has 2 N–H and O–H groups in total. The van der Waals surface area contributed by atoms with Gasteiger partial charge in [0, 0.05) is 12.6 Å². The van der Waals surface area contributed by atoms with Crippen molar-refractivity contribution in [3.05, 3.63) is 6.20 Å². The Kier molecular flexibility index (Phi) is 2.59. The Morgan fingerprint density at radius 2 is 2.40 bits per heavy atom. The first-order valence-electron chi connectivity index (χ1n) is 4.66. The predicted octanol–water partition coefficient (Wildman–Crippen LogP) is 0.349. The minimum atomic E-state index is -2.86. The highest BCUT2D eigenvalue weighted by atomic mass is 32.2. The van der Waals surface area contributed by atoms with Crippen molar-refractivity contribution in [3.8, 4) is 0 Å². The Bertz CT molecular complexity index is 454. The maximum Gasteiger partial charge on any atom is 0.187 e. The zero-order valence-electron chi connectivity index (χ0n) is 8.38. The van der Waals surface area contributed by atoms with E-state index in [4.69, 9.17) is 5.73 Å². The van der Waals surface area contributed by atoms with Crippen LogP contribution in [0.25, 0.3) is 0 Å². The summed E-state index contributed by atoms with van der Waals surface area (Å²) in [4.78, 5) is 6.16. The summed E-state index contributed by atoms with van der Waals surface area (Å²) < 4.78 is 22.7. The number of nitrogen functional groups attached to an aromatic ring is 1. The molecule has 1 fully saturated rings. The van der Waals surface area contributed by atoms with Gasteiger partial charge in [0.05, 0.1) is 17.7 Å². The molecule has 1 aromatic rings. The van der Waals surface area contributed by atoms with Crippen LogP contribution in [0.5, 0.6) is 0 Å². The van der Waals surface area contributed by atoms with E-state index in [-0.39, 0.29) is 17.5 Å². The lowest BCUT2D eigenvalue weighted by Gasteiger charge is -2.32. The number of sulfone groups is 1. The van der Waals surface area contributed by atoms with Gasteiger partial charge in [0.1, 0.15) is 5.00 Å². The van der Waals surface area contributed by atoms with Gasteiger partial charge in [0.25, 0.3) is 0 Å². The number of aromatic nitrogens is 1. The summed E-state index contributed by atoms with van der Waals surface area (Å²) in [7, 11) is -2.86. The fourth-order valence-electron chi connectivity index (χ4n) is 1.69. The monoisotopic (exact) mass is 247 g/mol. The molecule has 7 heteroatoms. The zero-order valence-corrected chi connectivity index (χ0v) is 10.0. The standard InChI is InChI=1S/C8H13N3O2S2/c1-6-5-15(12,13)3-2-11(6)8-10-4-7(9)14-8/h4,6H,2-3,5,9H2,1H3. The molecular formula is C8H13N3O2S2. The van der Waals surface area contributed by atoms with E-state index in [9.17, 15) is 8.42 Å². The summed E-state index contributed by atoms with van der Waals surface area (Å²) in [5.41, 5.74) is 5.60. The molecule has 0 bridgehead atoms. The molecule has 0 aromatic carbocycles. The third kappa shape index (κ3) is 2.23. The van der Waals surface area contributed by atoms with Gasteiger partial charge in [-0.15, -0.1) is 0 Å². The first-order valence-corrected chi connectivity index (χ1v) is 7.30. The lowest BCUT2D eigenvalue weighted by atomic mass is 10.3. The molecule has 0 aliphatic carbocycles. The van der Waals surface area contributed by atoms with Crippen LogP contribution in [0.2, 0.25) is 0 Å². The van der Waals surface area contributed by atoms with Crippen molar-refractivity contribution in [3.63, 3.8) is 0 Å². The summed E-state index contributed by atoms with van der Waals surface area (Å²) in [6.45, 7) is 2.41. The average Bonchev–Trinajstić information content (AvgIpc) is 2.50. The van der Waals surface area contributed by atoms with Crippen LogP contribution in [0.4, 0.5) is 10.1 Å². The molecule has 1 atom stereocenters. The second-order valence-electron chi connectivity index (χ2n) is 3.70. The van der Waals surface area contributed by atoms with E-state index < -0.39 is 9.84 Å². The molecule has 0 spiro atoms. The normalized spacial score (nSPS) is 25.4. The summed E-state index contributed by atoms with van der Waals surface area (Å²) in [6, 6.07) is -0.0192. The fourth-order valence-corrected chi connectivity index (χ4v) is 4.06. The van der Waals surface area contributed by atoms with Crippen molar-refractivity contribution >= 4 is 31.3 Å². The first-order chi connectivity index (χ1) is 6.98. The van der Waals surface area contributed by atoms with Gasteiger partial charge in [0.15, 0.2) is 15.0 Å². The van der Waals surface area contributed by atoms with Crippen LogP contribution in [0, 0.1) is 0 Å². The second kappa shape index (κ2) is 3.64. The molecule has 1 saturated heterocycles. The Balaban J connectivity index is 2.19. The maximum atomic E-state index is 11.4. The van der Waals surface area contributed by atoms with Crippen molar-refractivity contribution in [1.82, 2.24) is 4.98 Å². The topological polar surface area (TPSA) is 76.3 Å². The summed E-state index contributed by atoms with van der Waals surface area (Å²) >= 11 is 1.40. The third-order valence-corrected chi connectivity index (χ3v) is 5.09. The fraction of sp³-hybridized carbons (Fsp3) is 0.625. The predicted molar refractivity (Wildman–Crippen MR) is 62.0 cm³/mol. The number of rotatable bonds is 1. The quantitative estimate of drug-likeness (QED) is 0.775. The van der Waals surface area contributed by atoms with Gasteiger partial charge in [-0.25, -0.2) is 13.4 Å². The van der Waals surface area contributed by atoms with Crippen LogP contribution >= 0.6 is 11.3 Å². The average molecular weight is 247 g/mol. The molecule has 1 unspecified atom stereocenters. The highest BCUT2D eigenvalue weighted by Crippen LogP contribution is 2.27. The smallest absolute Gasteiger partial charge is 0.187 e. The highest BCUT2D eigenvalue weighted by molar-refractivity contribution is 7.91. The largest absolute Gasteiger partial charge is 0.389 e. The minimum Gasteiger partial charge on any atom is -0.389 e. The Morgan fingerprint density at radius 1 is 1.67 bits per heavy atom. The molecule has 1 aliphatic rings. The van der Waals surface area contributed by atoms with Gasteiger partial charge in [-0.3, -0.25) is 0 Å². The SMILES string of the molecule is CC1CS(=O)(=O)CCN1c1ncc(N)s1. The summed E-state index contributed by atoms with van der Waals surface area (Å²) in [5, 5.41) is 1.47. The van der Waals surface area contributed by atoms with Gasteiger partial charge < -0.3 is 10.6 Å². The molecule has 2 rings (SSSR count). The maximum absolute atomic E-state index is 11.4. The third-order valence-electron chi connectivity index (χ3n) is 2.43. The van der Waals surface area contributed by atoms with Crippen molar-refractivity contribution in [2.24, 2.45) is 0 Å². The number of nitrogens with zero attached hydrogens (tertiary/aromatic N) is 2. The lowest BCUT2D eigenvalue weighted by Crippen LogP contribution is -2.46. The van der Waals surface area contributed by atoms with Crippen molar-refractivity contribution < 1.29 is 8.42 Å². The number of hydrogen-bond acceptors (Lipinski definition) is 6. The molecule has 0 radical (unpaired) electrons. The summed E-state index contributed by atoms with van der Waals surface area (Å²) in [5.74, 6) is 0.406. The van der Waals surface area contributed by atoms with E-state index in [2.05, 4.69) is 4.98 Å². The van der Waals surface area contributed by atoms with E-state index in [0.29, 0.717) is 11.5 Å². The van der Waals surface area contributed by atoms with Gasteiger partial charge in [-0.1, -0.05) is 11.3 Å². The van der Waals surface area contributed by atoms with Crippen molar-refractivity contribution in [2.75, 3.05) is 28.7 Å². The van der Waals surface area contributed by atoms with E-state index in [1.54, 1.807) is 6.20 Å². The van der Waals surface area contributed by atoms with E-state index in [1.807, 2.05) is 11.8 Å². The Morgan fingerprint density at radius 3 is 2.93 bits per heavy atom. The van der Waals surface area contributed by atoms with Gasteiger partial charge in [-0.2, -0.15) is 0 Å². The van der Waals surface area contributed by atoms with Crippen molar-refractivity contribution in [1.29, 1.82) is 0 Å². The molecule has 2 heterocycles. The molecule has 5 nitrogen and oxygen atoms in total. The van der Waals surface area contributed by atoms with E-state index >= 15 is 0 Å². The van der Waals surface area contributed by atoms with Gasteiger partial charge in [0.2, 0.25) is 0 Å². The molecule has 0 amide bonds. The minimum absolute atomic E-state index is 0.0192. The highest BCUT2D eigenvalue weighted by Gasteiger charge is 2.29. The Labute approximate surface area is 92.8 Å². The molecule has 1 aliphatic heterocycles. The Hall–Kier alpha value is -0.820. The molecular weight excluding hydrogens is 234 g/mol. The van der Waals surface area contributed by atoms with Crippen LogP contribution < -0.4 is 10.6 Å². The zero-order chi connectivity index (χ0) is 11.1. The van der Waals surface area contributed by atoms with Gasteiger partial charge in [-0.05, 0) is 6.92 Å². The molecule has 84 valence electrons. The number of nitrogens with two attached hydrogens (primary N) is 1. The van der Waals surface area contributed by atoms with Crippen LogP contribution in [0.3, 0.4) is 0 Å². The van der Waals surface area contributed by atoms with Crippen molar-refractivity contribution in [2.45, 2.75) is 13.0 Å². The number of anilines is 2. The number of thiazole rings is 1.